The van der Waals surface area contributed by atoms with Crippen molar-refractivity contribution in [3.05, 3.63) is 22.6 Å². The van der Waals surface area contributed by atoms with Crippen molar-refractivity contribution in [3.63, 3.8) is 0 Å². The van der Waals surface area contributed by atoms with Gasteiger partial charge in [0.15, 0.2) is 5.65 Å². The van der Waals surface area contributed by atoms with Crippen LogP contribution in [-0.2, 0) is 0 Å². The van der Waals surface area contributed by atoms with Gasteiger partial charge >= 0.3 is 5.69 Å². The predicted octanol–water partition coefficient (Wildman–Crippen LogP) is 0.774. The monoisotopic (exact) mass is 290 g/mol. The van der Waals surface area contributed by atoms with Gasteiger partial charge in [-0.1, -0.05) is 6.42 Å². The summed E-state index contributed by atoms with van der Waals surface area (Å²) in [4.78, 5) is 13.9. The molecule has 2 aromatic heterocycles. The van der Waals surface area contributed by atoms with Crippen molar-refractivity contribution in [1.29, 1.82) is 0 Å². The van der Waals surface area contributed by atoms with E-state index in [1.807, 2.05) is 12.1 Å². The number of rotatable bonds is 4. The van der Waals surface area contributed by atoms with Gasteiger partial charge in [-0.2, -0.15) is 9.61 Å². The third-order valence-corrected chi connectivity index (χ3v) is 4.01. The largest absolute Gasteiger partial charge is 0.364 e. The van der Waals surface area contributed by atoms with E-state index < -0.39 is 0 Å². The Morgan fingerprint density at radius 2 is 2.29 bits per heavy atom. The van der Waals surface area contributed by atoms with Crippen LogP contribution in [0.5, 0.6) is 0 Å². The number of fused-ring (bicyclic) bond motifs is 1. The molecule has 0 bridgehead atoms. The molecular weight excluding hydrogens is 268 g/mol. The Bertz CT molecular complexity index is 655. The van der Waals surface area contributed by atoms with E-state index in [0.717, 1.165) is 18.9 Å². The molecule has 0 aromatic carbocycles. The standard InChI is InChI=1S/C14H22N6O/c1-10(2)19(9-11-5-3-4-8-15-11)13-7-6-12-16-17-14(21)20(12)18-13/h6-7,10-11,15H,3-5,8-9H2,1-2H3,(H,17,21). The molecule has 0 amide bonds. The van der Waals surface area contributed by atoms with Crippen LogP contribution in [0, 0.1) is 0 Å². The van der Waals surface area contributed by atoms with Gasteiger partial charge in [0.2, 0.25) is 0 Å². The molecule has 1 unspecified atom stereocenters. The third-order valence-electron chi connectivity index (χ3n) is 4.01. The van der Waals surface area contributed by atoms with E-state index in [0.29, 0.717) is 17.7 Å². The minimum absolute atomic E-state index is 0.300. The fourth-order valence-corrected chi connectivity index (χ4v) is 2.83. The quantitative estimate of drug-likeness (QED) is 0.870. The lowest BCUT2D eigenvalue weighted by Gasteiger charge is -2.33. The normalized spacial score (nSPS) is 19.3. The van der Waals surface area contributed by atoms with Crippen LogP contribution in [0.1, 0.15) is 33.1 Å². The van der Waals surface area contributed by atoms with Crippen molar-refractivity contribution in [3.8, 4) is 0 Å². The van der Waals surface area contributed by atoms with Crippen molar-refractivity contribution in [2.45, 2.75) is 45.2 Å². The minimum atomic E-state index is -0.300. The fraction of sp³-hybridized carbons (Fsp3) is 0.643. The molecular formula is C14H22N6O. The first-order valence-electron chi connectivity index (χ1n) is 7.59. The van der Waals surface area contributed by atoms with Crippen LogP contribution in [0.25, 0.3) is 5.65 Å². The van der Waals surface area contributed by atoms with E-state index in [-0.39, 0.29) is 5.69 Å². The van der Waals surface area contributed by atoms with E-state index in [1.54, 1.807) is 0 Å². The number of nitrogens with zero attached hydrogens (tertiary/aromatic N) is 4. The Hall–Kier alpha value is -1.89. The number of aromatic nitrogens is 4. The first-order valence-corrected chi connectivity index (χ1v) is 7.59. The van der Waals surface area contributed by atoms with E-state index in [4.69, 9.17) is 0 Å². The van der Waals surface area contributed by atoms with Gasteiger partial charge in [-0.15, -0.1) is 5.10 Å². The molecule has 0 spiro atoms. The lowest BCUT2D eigenvalue weighted by Crippen LogP contribution is -2.46. The van der Waals surface area contributed by atoms with Crippen LogP contribution in [0.2, 0.25) is 0 Å². The summed E-state index contributed by atoms with van der Waals surface area (Å²) in [5.74, 6) is 0.813. The summed E-state index contributed by atoms with van der Waals surface area (Å²) in [6.45, 7) is 6.28. The van der Waals surface area contributed by atoms with Gasteiger partial charge in [-0.3, -0.25) is 0 Å². The molecule has 3 rings (SSSR count). The summed E-state index contributed by atoms with van der Waals surface area (Å²) < 4.78 is 1.32. The zero-order valence-corrected chi connectivity index (χ0v) is 12.5. The summed E-state index contributed by atoms with van der Waals surface area (Å²) in [5, 5.41) is 14.3. The van der Waals surface area contributed by atoms with Crippen LogP contribution in [0.15, 0.2) is 16.9 Å². The number of aromatic amines is 1. The Labute approximate surface area is 123 Å². The lowest BCUT2D eigenvalue weighted by atomic mass is 10.0. The number of hydrogen-bond donors (Lipinski definition) is 2. The molecule has 3 heterocycles. The summed E-state index contributed by atoms with van der Waals surface area (Å²) in [6.07, 6.45) is 3.72. The van der Waals surface area contributed by atoms with Crippen LogP contribution < -0.4 is 15.9 Å². The number of piperidine rings is 1. The molecule has 1 atom stereocenters. The van der Waals surface area contributed by atoms with Gasteiger partial charge < -0.3 is 10.2 Å². The first-order chi connectivity index (χ1) is 10.1. The molecule has 114 valence electrons. The van der Waals surface area contributed by atoms with Crippen LogP contribution in [-0.4, -0.2) is 45.0 Å². The molecule has 2 aromatic rings. The third kappa shape index (κ3) is 2.92. The van der Waals surface area contributed by atoms with Gasteiger partial charge in [-0.05, 0) is 45.4 Å². The summed E-state index contributed by atoms with van der Waals surface area (Å²) in [5.41, 5.74) is 0.245. The zero-order chi connectivity index (χ0) is 14.8. The highest BCUT2D eigenvalue weighted by Gasteiger charge is 2.20. The highest BCUT2D eigenvalue weighted by Crippen LogP contribution is 2.17. The topological polar surface area (TPSA) is 78.3 Å². The molecule has 2 N–H and O–H groups in total. The Morgan fingerprint density at radius 3 is 3.00 bits per heavy atom. The average molecular weight is 290 g/mol. The van der Waals surface area contributed by atoms with Crippen molar-refractivity contribution in [1.82, 2.24) is 25.1 Å². The summed E-state index contributed by atoms with van der Waals surface area (Å²) in [6, 6.07) is 4.56. The van der Waals surface area contributed by atoms with Gasteiger partial charge in [0.25, 0.3) is 0 Å². The maximum atomic E-state index is 11.7. The molecule has 1 aliphatic rings. The number of nitrogens with one attached hydrogen (secondary N) is 2. The Kier molecular flexibility index (Phi) is 3.92. The zero-order valence-electron chi connectivity index (χ0n) is 12.5. The van der Waals surface area contributed by atoms with E-state index in [9.17, 15) is 4.79 Å². The van der Waals surface area contributed by atoms with Crippen molar-refractivity contribution >= 4 is 11.5 Å². The van der Waals surface area contributed by atoms with Crippen molar-refractivity contribution in [2.75, 3.05) is 18.0 Å². The van der Waals surface area contributed by atoms with Gasteiger partial charge in [0.05, 0.1) is 0 Å². The van der Waals surface area contributed by atoms with Gasteiger partial charge in [-0.25, -0.2) is 9.89 Å². The molecule has 7 nitrogen and oxygen atoms in total. The fourth-order valence-electron chi connectivity index (χ4n) is 2.83. The van der Waals surface area contributed by atoms with Crippen LogP contribution >= 0.6 is 0 Å². The molecule has 7 heteroatoms. The molecule has 0 aliphatic carbocycles. The smallest absolute Gasteiger partial charge is 0.351 e. The number of anilines is 1. The second kappa shape index (κ2) is 5.85. The highest BCUT2D eigenvalue weighted by molar-refractivity contribution is 5.45. The number of hydrogen-bond acceptors (Lipinski definition) is 5. The summed E-state index contributed by atoms with van der Waals surface area (Å²) in [7, 11) is 0. The average Bonchev–Trinajstić information content (AvgIpc) is 2.86. The van der Waals surface area contributed by atoms with Crippen LogP contribution in [0.4, 0.5) is 5.82 Å². The molecule has 1 fully saturated rings. The van der Waals surface area contributed by atoms with E-state index >= 15 is 0 Å². The number of H-pyrrole nitrogens is 1. The predicted molar refractivity (Wildman–Crippen MR) is 81.7 cm³/mol. The second-order valence-electron chi connectivity index (χ2n) is 5.88. The Morgan fingerprint density at radius 1 is 1.43 bits per heavy atom. The van der Waals surface area contributed by atoms with Crippen molar-refractivity contribution in [2.24, 2.45) is 0 Å². The van der Waals surface area contributed by atoms with E-state index in [1.165, 1.54) is 23.8 Å². The molecule has 0 saturated carbocycles. The van der Waals surface area contributed by atoms with Gasteiger partial charge in [0, 0.05) is 18.6 Å². The maximum absolute atomic E-state index is 11.7. The van der Waals surface area contributed by atoms with E-state index in [2.05, 4.69) is 39.4 Å². The highest BCUT2D eigenvalue weighted by atomic mass is 16.2. The maximum Gasteiger partial charge on any atom is 0.364 e. The molecule has 21 heavy (non-hydrogen) atoms. The minimum Gasteiger partial charge on any atom is -0.351 e. The van der Waals surface area contributed by atoms with Gasteiger partial charge in [0.1, 0.15) is 5.82 Å². The summed E-state index contributed by atoms with van der Waals surface area (Å²) >= 11 is 0. The molecule has 0 radical (unpaired) electrons. The molecule has 1 saturated heterocycles. The SMILES string of the molecule is CC(C)N(CC1CCCCN1)c1ccc2n[nH]c(=O)n2n1. The Balaban J connectivity index is 1.87. The van der Waals surface area contributed by atoms with Crippen LogP contribution in [0.3, 0.4) is 0 Å². The lowest BCUT2D eigenvalue weighted by molar-refractivity contribution is 0.392. The first kappa shape index (κ1) is 14.1. The molecule has 1 aliphatic heterocycles. The van der Waals surface area contributed by atoms with Crippen molar-refractivity contribution < 1.29 is 0 Å². The second-order valence-corrected chi connectivity index (χ2v) is 5.88.